The molecule has 31 heavy (non-hydrogen) atoms. The average Bonchev–Trinajstić information content (AvgIpc) is 3.48. The Morgan fingerprint density at radius 2 is 2.06 bits per heavy atom. The number of amides is 1. The summed E-state index contributed by atoms with van der Waals surface area (Å²) < 4.78 is 12.3. The Morgan fingerprint density at radius 3 is 2.81 bits per heavy atom. The summed E-state index contributed by atoms with van der Waals surface area (Å²) in [5.74, 6) is 1.19. The number of nitrogens with two attached hydrogens (primary N) is 1. The van der Waals surface area contributed by atoms with Crippen LogP contribution < -0.4 is 5.73 Å². The number of carbonyl (C=O) groups is 1. The Bertz CT molecular complexity index is 962. The number of fused-ring (bicyclic) bond motifs is 1. The van der Waals surface area contributed by atoms with Crippen LogP contribution in [0, 0.1) is 31.6 Å². The molecule has 1 aliphatic carbocycles. The summed E-state index contributed by atoms with van der Waals surface area (Å²) in [6.07, 6.45) is 5.28. The molecule has 1 saturated heterocycles. The van der Waals surface area contributed by atoms with Gasteiger partial charge >= 0.3 is 6.09 Å². The largest absolute Gasteiger partial charge is 0.448 e. The van der Waals surface area contributed by atoms with Gasteiger partial charge < -0.3 is 25.4 Å². The van der Waals surface area contributed by atoms with Crippen LogP contribution in [0.3, 0.4) is 0 Å². The highest BCUT2D eigenvalue weighted by atomic mass is 32.2. The van der Waals surface area contributed by atoms with Crippen molar-refractivity contribution in [1.29, 1.82) is 0 Å². The van der Waals surface area contributed by atoms with E-state index in [1.54, 1.807) is 6.92 Å². The number of aliphatic hydroxyl groups excluding tert-OH is 2. The van der Waals surface area contributed by atoms with Gasteiger partial charge in [0.2, 0.25) is 0 Å². The zero-order valence-electron chi connectivity index (χ0n) is 16.5. The van der Waals surface area contributed by atoms with Gasteiger partial charge in [-0.2, -0.15) is 4.99 Å². The molecule has 0 spiro atoms. The highest BCUT2D eigenvalue weighted by Crippen LogP contribution is 2.35. The van der Waals surface area contributed by atoms with Crippen molar-refractivity contribution in [1.82, 2.24) is 19.5 Å². The van der Waals surface area contributed by atoms with E-state index in [2.05, 4.69) is 19.9 Å². The van der Waals surface area contributed by atoms with Gasteiger partial charge in [-0.05, 0) is 32.6 Å². The number of aliphatic hydroxyl groups is 2. The number of nitrogen functional groups attached to an aromatic ring is 1. The van der Waals surface area contributed by atoms with Crippen LogP contribution >= 0.6 is 11.8 Å². The van der Waals surface area contributed by atoms with E-state index in [9.17, 15) is 15.0 Å². The van der Waals surface area contributed by atoms with E-state index >= 15 is 0 Å². The molecule has 2 fully saturated rings. The number of aromatic nitrogens is 4. The molecule has 5 radical (unpaired) electrons. The summed E-state index contributed by atoms with van der Waals surface area (Å²) in [4.78, 5) is 28.1. The number of hydrogen-bond donors (Lipinski definition) is 3. The van der Waals surface area contributed by atoms with Crippen molar-refractivity contribution in [3.63, 3.8) is 0 Å². The fraction of sp³-hybridized carbons (Fsp3) is 0.368. The number of ether oxygens (including phenoxy) is 2. The van der Waals surface area contributed by atoms with E-state index in [1.807, 2.05) is 25.7 Å². The second kappa shape index (κ2) is 9.47. The average molecular weight is 445 g/mol. The van der Waals surface area contributed by atoms with Gasteiger partial charge in [-0.15, -0.1) is 11.8 Å². The summed E-state index contributed by atoms with van der Waals surface area (Å²) in [6, 6.07) is 0. The van der Waals surface area contributed by atoms with Crippen molar-refractivity contribution in [3.05, 3.63) is 44.3 Å². The quantitative estimate of drug-likeness (QED) is 0.442. The number of anilines is 1. The lowest BCUT2D eigenvalue weighted by molar-refractivity contribution is -0.0288. The Hall–Kier alpha value is -2.28. The topological polar surface area (TPSA) is 158 Å². The van der Waals surface area contributed by atoms with Gasteiger partial charge in [0.05, 0.1) is 24.1 Å². The monoisotopic (exact) mass is 445 g/mol. The van der Waals surface area contributed by atoms with Crippen LogP contribution in [0.25, 0.3) is 11.2 Å². The second-order valence-electron chi connectivity index (χ2n) is 6.73. The molecule has 0 unspecified atom stereocenters. The number of imidazole rings is 1. The van der Waals surface area contributed by atoms with E-state index in [0.29, 0.717) is 16.2 Å². The first kappa shape index (κ1) is 21.9. The van der Waals surface area contributed by atoms with Crippen molar-refractivity contribution in [2.45, 2.75) is 31.5 Å². The van der Waals surface area contributed by atoms with E-state index < -0.39 is 30.6 Å². The van der Waals surface area contributed by atoms with Crippen molar-refractivity contribution in [3.8, 4) is 0 Å². The second-order valence-corrected chi connectivity index (χ2v) is 7.74. The number of nitrogens with zero attached hydrogens (tertiary/aromatic N) is 5. The summed E-state index contributed by atoms with van der Waals surface area (Å²) >= 11 is 1.22. The zero-order valence-corrected chi connectivity index (χ0v) is 17.3. The third-order valence-corrected chi connectivity index (χ3v) is 5.85. The van der Waals surface area contributed by atoms with Crippen LogP contribution in [-0.4, -0.2) is 71.5 Å². The van der Waals surface area contributed by atoms with Crippen molar-refractivity contribution >= 4 is 39.9 Å². The predicted molar refractivity (Wildman–Crippen MR) is 113 cm³/mol. The molecule has 4 rings (SSSR count). The van der Waals surface area contributed by atoms with E-state index in [-0.39, 0.29) is 18.2 Å². The standard InChI is InChI=1S/C19H21N6O5S/c1-2-29-19(28)24-17(10-5-3-4-6-10)31-7-11-13(26)14(27)18(30-11)25-9-23-12-15(20)21-8-22-16(12)25/h3-6,8-9,11,13-14,18,26-27H,2,7H2,1H3,(H2,20,21,22)/b24-17+/t11-,13-,14-,18-/m1/s1. The Balaban J connectivity index is 1.48. The van der Waals surface area contributed by atoms with E-state index in [4.69, 9.17) is 15.2 Å². The molecule has 0 bridgehead atoms. The molecule has 1 saturated carbocycles. The predicted octanol–water partition coefficient (Wildman–Crippen LogP) is 0.721. The molecule has 3 heterocycles. The molecule has 11 nitrogen and oxygen atoms in total. The molecule has 12 heteroatoms. The molecular weight excluding hydrogens is 424 g/mol. The van der Waals surface area contributed by atoms with Gasteiger partial charge in [0.25, 0.3) is 0 Å². The molecular formula is C19H21N6O5S. The van der Waals surface area contributed by atoms with Gasteiger partial charge in [-0.1, -0.05) is 0 Å². The molecule has 4 N–H and O–H groups in total. The number of carbonyl (C=O) groups excluding carboxylic acids is 1. The molecule has 1 aliphatic heterocycles. The van der Waals surface area contributed by atoms with Crippen LogP contribution in [0.5, 0.6) is 0 Å². The highest BCUT2D eigenvalue weighted by Gasteiger charge is 2.44. The smallest absolute Gasteiger partial charge is 0.434 e. The summed E-state index contributed by atoms with van der Waals surface area (Å²) in [7, 11) is 0. The number of rotatable bonds is 5. The minimum atomic E-state index is -1.22. The maximum Gasteiger partial charge on any atom is 0.434 e. The first-order valence-corrected chi connectivity index (χ1v) is 10.5. The minimum absolute atomic E-state index is 0.207. The third-order valence-electron chi connectivity index (χ3n) is 4.75. The molecule has 0 aromatic carbocycles. The highest BCUT2D eigenvalue weighted by molar-refractivity contribution is 8.14. The maximum atomic E-state index is 11.8. The van der Waals surface area contributed by atoms with E-state index in [1.165, 1.54) is 29.0 Å². The fourth-order valence-corrected chi connectivity index (χ4v) is 4.29. The summed E-state index contributed by atoms with van der Waals surface area (Å²) in [5.41, 5.74) is 6.58. The Morgan fingerprint density at radius 1 is 1.29 bits per heavy atom. The van der Waals surface area contributed by atoms with Gasteiger partial charge in [0, 0.05) is 11.7 Å². The molecule has 2 aliphatic rings. The Kier molecular flexibility index (Phi) is 6.70. The lowest BCUT2D eigenvalue weighted by Gasteiger charge is -2.17. The van der Waals surface area contributed by atoms with Gasteiger partial charge in [0.15, 0.2) is 17.7 Å². The number of thioether (sulfide) groups is 1. The Labute approximate surface area is 183 Å². The van der Waals surface area contributed by atoms with Crippen LogP contribution in [0.2, 0.25) is 0 Å². The molecule has 1 amide bonds. The normalized spacial score (nSPS) is 27.3. The zero-order chi connectivity index (χ0) is 22.0. The summed E-state index contributed by atoms with van der Waals surface area (Å²) in [5, 5.41) is 21.6. The van der Waals surface area contributed by atoms with Crippen LogP contribution in [-0.2, 0) is 9.47 Å². The molecule has 2 aromatic heterocycles. The lowest BCUT2D eigenvalue weighted by Crippen LogP contribution is -2.33. The molecule has 4 atom stereocenters. The van der Waals surface area contributed by atoms with Crippen molar-refractivity contribution < 1.29 is 24.5 Å². The fourth-order valence-electron chi connectivity index (χ4n) is 3.25. The van der Waals surface area contributed by atoms with Gasteiger partial charge in [-0.25, -0.2) is 19.7 Å². The van der Waals surface area contributed by atoms with E-state index in [0.717, 1.165) is 5.92 Å². The van der Waals surface area contributed by atoms with Gasteiger partial charge in [0.1, 0.15) is 24.1 Å². The lowest BCUT2D eigenvalue weighted by atomic mass is 10.1. The first-order valence-electron chi connectivity index (χ1n) is 9.54. The SMILES string of the molecule is CCOC(=O)/N=C(/SC[C@H]1O[C@@H](n2cnc3c(N)ncnc32)[C@H](O)[C@@H]1O)[C]1[CH][CH][CH][CH]1. The summed E-state index contributed by atoms with van der Waals surface area (Å²) in [6.45, 7) is 1.91. The molecule has 163 valence electrons. The number of hydrogen-bond acceptors (Lipinski definition) is 10. The number of aliphatic imine (C=N–C) groups is 1. The maximum absolute atomic E-state index is 11.8. The van der Waals surface area contributed by atoms with Gasteiger partial charge in [-0.3, -0.25) is 4.57 Å². The van der Waals surface area contributed by atoms with Crippen LogP contribution in [0.4, 0.5) is 10.6 Å². The molecule has 2 aromatic rings. The third kappa shape index (κ3) is 4.52. The first-order chi connectivity index (χ1) is 15.0. The van der Waals surface area contributed by atoms with Crippen molar-refractivity contribution in [2.75, 3.05) is 18.1 Å². The van der Waals surface area contributed by atoms with Crippen LogP contribution in [0.1, 0.15) is 13.2 Å². The van der Waals surface area contributed by atoms with Crippen LogP contribution in [0.15, 0.2) is 17.6 Å². The van der Waals surface area contributed by atoms with Crippen molar-refractivity contribution in [2.24, 2.45) is 4.99 Å². The minimum Gasteiger partial charge on any atom is -0.448 e.